The molecule has 0 aliphatic rings. The van der Waals surface area contributed by atoms with Crippen molar-refractivity contribution in [2.24, 2.45) is 0 Å². The number of nitro groups is 1. The van der Waals surface area contributed by atoms with Crippen LogP contribution in [-0.2, 0) is 16.1 Å². The van der Waals surface area contributed by atoms with Crippen molar-refractivity contribution in [2.45, 2.75) is 32.3 Å². The molecule has 0 radical (unpaired) electrons. The lowest BCUT2D eigenvalue weighted by Crippen LogP contribution is -2.04. The Balaban J connectivity index is 2.28. The molecule has 5 nitrogen and oxygen atoms in total. The van der Waals surface area contributed by atoms with Gasteiger partial charge in [0, 0.05) is 18.6 Å². The van der Waals surface area contributed by atoms with Gasteiger partial charge in [-0.15, -0.1) is 0 Å². The molecule has 0 atom stereocenters. The van der Waals surface area contributed by atoms with Crippen molar-refractivity contribution >= 4 is 34.2 Å². The summed E-state index contributed by atoms with van der Waals surface area (Å²) in [7, 11) is 0. The number of nitro benzene ring substituents is 1. The zero-order chi connectivity index (χ0) is 14.1. The first kappa shape index (κ1) is 15.9. The molecule has 0 spiro atoms. The predicted molar refractivity (Wildman–Crippen MR) is 80.2 cm³/mol. The van der Waals surface area contributed by atoms with Gasteiger partial charge >= 0.3 is 5.97 Å². The molecule has 104 valence electrons. The second kappa shape index (κ2) is 8.84. The van der Waals surface area contributed by atoms with Crippen molar-refractivity contribution in [2.75, 3.05) is 4.43 Å². The number of carbonyl (C=O) groups is 1. The Labute approximate surface area is 125 Å². The summed E-state index contributed by atoms with van der Waals surface area (Å²) in [6.07, 6.45) is 3.44. The van der Waals surface area contributed by atoms with Crippen LogP contribution in [0.5, 0.6) is 0 Å². The second-order valence-corrected chi connectivity index (χ2v) is 5.16. The molecule has 0 fully saturated rings. The standard InChI is InChI=1S/C13H16INO4/c14-9-3-1-2-4-13(16)19-10-11-5-7-12(8-6-11)15(17)18/h5-8H,1-4,9-10H2. The number of ether oxygens (including phenoxy) is 1. The van der Waals surface area contributed by atoms with Gasteiger partial charge in [0.1, 0.15) is 6.61 Å². The van der Waals surface area contributed by atoms with Crippen LogP contribution in [-0.4, -0.2) is 15.3 Å². The molecule has 1 aromatic carbocycles. The minimum atomic E-state index is -0.455. The molecule has 0 unspecified atom stereocenters. The van der Waals surface area contributed by atoms with Gasteiger partial charge in [-0.2, -0.15) is 0 Å². The van der Waals surface area contributed by atoms with Crippen molar-refractivity contribution in [1.29, 1.82) is 0 Å². The van der Waals surface area contributed by atoms with E-state index < -0.39 is 4.92 Å². The zero-order valence-corrected chi connectivity index (χ0v) is 12.7. The number of esters is 1. The van der Waals surface area contributed by atoms with Crippen LogP contribution < -0.4 is 0 Å². The fraction of sp³-hybridized carbons (Fsp3) is 0.462. The summed E-state index contributed by atoms with van der Waals surface area (Å²) >= 11 is 2.31. The molecule has 6 heteroatoms. The minimum Gasteiger partial charge on any atom is -0.461 e. The van der Waals surface area contributed by atoms with Gasteiger partial charge in [0.05, 0.1) is 4.92 Å². The Bertz CT molecular complexity index is 419. The van der Waals surface area contributed by atoms with Crippen molar-refractivity contribution in [3.05, 3.63) is 39.9 Å². The molecule has 0 amide bonds. The number of non-ortho nitro benzene ring substituents is 1. The van der Waals surface area contributed by atoms with Crippen LogP contribution in [0, 0.1) is 10.1 Å². The number of benzene rings is 1. The topological polar surface area (TPSA) is 69.4 Å². The number of rotatable bonds is 8. The minimum absolute atomic E-state index is 0.0360. The number of unbranched alkanes of at least 4 members (excludes halogenated alkanes) is 2. The number of hydrogen-bond donors (Lipinski definition) is 0. The van der Waals surface area contributed by atoms with Gasteiger partial charge in [0.15, 0.2) is 0 Å². The molecule has 0 bridgehead atoms. The Morgan fingerprint density at radius 3 is 2.47 bits per heavy atom. The van der Waals surface area contributed by atoms with E-state index in [0.29, 0.717) is 6.42 Å². The number of nitrogens with zero attached hydrogens (tertiary/aromatic N) is 1. The summed E-state index contributed by atoms with van der Waals surface area (Å²) in [6, 6.07) is 6.01. The summed E-state index contributed by atoms with van der Waals surface area (Å²) in [6.45, 7) is 0.170. The molecule has 1 rings (SSSR count). The molecular weight excluding hydrogens is 361 g/mol. The predicted octanol–water partition coefficient (Wildman–Crippen LogP) is 3.63. The zero-order valence-electron chi connectivity index (χ0n) is 10.5. The average Bonchev–Trinajstić information content (AvgIpc) is 2.42. The van der Waals surface area contributed by atoms with Crippen LogP contribution in [0.2, 0.25) is 0 Å². The van der Waals surface area contributed by atoms with E-state index in [0.717, 1.165) is 29.3 Å². The van der Waals surface area contributed by atoms with E-state index >= 15 is 0 Å². The van der Waals surface area contributed by atoms with E-state index in [2.05, 4.69) is 22.6 Å². The Kier molecular flexibility index (Phi) is 7.39. The average molecular weight is 377 g/mol. The number of carbonyl (C=O) groups excluding carboxylic acids is 1. The third kappa shape index (κ3) is 6.51. The normalized spacial score (nSPS) is 10.2. The molecule has 0 aliphatic carbocycles. The van der Waals surface area contributed by atoms with E-state index in [1.807, 2.05) is 0 Å². The van der Waals surface area contributed by atoms with Gasteiger partial charge < -0.3 is 4.74 Å². The fourth-order valence-corrected chi connectivity index (χ4v) is 2.03. The van der Waals surface area contributed by atoms with Gasteiger partial charge in [-0.3, -0.25) is 14.9 Å². The molecule has 0 aromatic heterocycles. The highest BCUT2D eigenvalue weighted by Gasteiger charge is 2.06. The SMILES string of the molecule is O=C(CCCCCI)OCc1ccc([N+](=O)[O-])cc1. The highest BCUT2D eigenvalue weighted by Crippen LogP contribution is 2.13. The lowest BCUT2D eigenvalue weighted by Gasteiger charge is -2.04. The maximum Gasteiger partial charge on any atom is 0.306 e. The Hall–Kier alpha value is -1.18. The lowest BCUT2D eigenvalue weighted by atomic mass is 10.2. The van der Waals surface area contributed by atoms with Gasteiger partial charge in [-0.25, -0.2) is 0 Å². The smallest absolute Gasteiger partial charge is 0.306 e. The molecule has 0 saturated heterocycles. The number of hydrogen-bond acceptors (Lipinski definition) is 4. The molecule has 19 heavy (non-hydrogen) atoms. The van der Waals surface area contributed by atoms with Crippen molar-refractivity contribution in [3.8, 4) is 0 Å². The Morgan fingerprint density at radius 2 is 1.89 bits per heavy atom. The van der Waals surface area contributed by atoms with Crippen molar-refractivity contribution in [1.82, 2.24) is 0 Å². The first-order valence-corrected chi connectivity index (χ1v) is 7.61. The maximum atomic E-state index is 11.4. The van der Waals surface area contributed by atoms with Gasteiger partial charge in [0.2, 0.25) is 0 Å². The molecule has 0 saturated carbocycles. The van der Waals surface area contributed by atoms with E-state index in [1.54, 1.807) is 12.1 Å². The summed E-state index contributed by atoms with van der Waals surface area (Å²) in [4.78, 5) is 21.4. The molecule has 0 aliphatic heterocycles. The van der Waals surface area contributed by atoms with E-state index in [4.69, 9.17) is 4.74 Å². The molecular formula is C13H16INO4. The molecule has 1 aromatic rings. The highest BCUT2D eigenvalue weighted by molar-refractivity contribution is 14.1. The second-order valence-electron chi connectivity index (χ2n) is 4.08. The van der Waals surface area contributed by atoms with Crippen LogP contribution in [0.3, 0.4) is 0 Å². The third-order valence-electron chi connectivity index (χ3n) is 2.56. The van der Waals surface area contributed by atoms with E-state index in [-0.39, 0.29) is 18.3 Å². The van der Waals surface area contributed by atoms with Crippen LogP contribution in [0.25, 0.3) is 0 Å². The number of alkyl halides is 1. The van der Waals surface area contributed by atoms with Gasteiger partial charge in [-0.05, 0) is 35.0 Å². The number of halogens is 1. The van der Waals surface area contributed by atoms with Crippen LogP contribution in [0.15, 0.2) is 24.3 Å². The van der Waals surface area contributed by atoms with Crippen molar-refractivity contribution in [3.63, 3.8) is 0 Å². The van der Waals surface area contributed by atoms with Crippen molar-refractivity contribution < 1.29 is 14.5 Å². The Morgan fingerprint density at radius 1 is 1.21 bits per heavy atom. The summed E-state index contributed by atoms with van der Waals surface area (Å²) in [5.41, 5.74) is 0.792. The fourth-order valence-electron chi connectivity index (χ4n) is 1.49. The van der Waals surface area contributed by atoms with Gasteiger partial charge in [-0.1, -0.05) is 29.0 Å². The molecule has 0 heterocycles. The summed E-state index contributed by atoms with van der Waals surface area (Å²) in [5.74, 6) is -0.216. The van der Waals surface area contributed by atoms with E-state index in [1.165, 1.54) is 12.1 Å². The molecule has 0 N–H and O–H groups in total. The quantitative estimate of drug-likeness (QED) is 0.173. The van der Waals surface area contributed by atoms with Crippen LogP contribution >= 0.6 is 22.6 Å². The van der Waals surface area contributed by atoms with Crippen LogP contribution in [0.4, 0.5) is 5.69 Å². The maximum absolute atomic E-state index is 11.4. The third-order valence-corrected chi connectivity index (χ3v) is 3.32. The van der Waals surface area contributed by atoms with Crippen LogP contribution in [0.1, 0.15) is 31.2 Å². The summed E-state index contributed by atoms with van der Waals surface area (Å²) in [5, 5.41) is 10.5. The first-order valence-electron chi connectivity index (χ1n) is 6.08. The lowest BCUT2D eigenvalue weighted by molar-refractivity contribution is -0.384. The monoisotopic (exact) mass is 377 g/mol. The largest absolute Gasteiger partial charge is 0.461 e. The summed E-state index contributed by atoms with van der Waals surface area (Å²) < 4.78 is 6.20. The highest BCUT2D eigenvalue weighted by atomic mass is 127. The first-order chi connectivity index (χ1) is 9.13. The van der Waals surface area contributed by atoms with E-state index in [9.17, 15) is 14.9 Å². The van der Waals surface area contributed by atoms with Gasteiger partial charge in [0.25, 0.3) is 5.69 Å².